The Morgan fingerprint density at radius 1 is 0.946 bits per heavy atom. The minimum absolute atomic E-state index is 0.363. The third kappa shape index (κ3) is 5.30. The van der Waals surface area contributed by atoms with E-state index in [0.29, 0.717) is 23.3 Å². The molecular weight excluding hydrogens is 466 g/mol. The summed E-state index contributed by atoms with van der Waals surface area (Å²) in [7, 11) is 1.27. The monoisotopic (exact) mass is 495 g/mol. The molecule has 0 aliphatic carbocycles. The fourth-order valence-electron chi connectivity index (χ4n) is 4.64. The van der Waals surface area contributed by atoms with Crippen molar-refractivity contribution in [1.82, 2.24) is 20.6 Å². The second kappa shape index (κ2) is 11.2. The molecule has 0 bridgehead atoms. The second-order valence-corrected chi connectivity index (χ2v) is 8.80. The normalized spacial score (nSPS) is 13.8. The highest BCUT2D eigenvalue weighted by molar-refractivity contribution is 6.16. The molecule has 1 aromatic heterocycles. The fourth-order valence-corrected chi connectivity index (χ4v) is 4.64. The molecule has 1 saturated heterocycles. The van der Waals surface area contributed by atoms with Crippen molar-refractivity contribution >= 4 is 28.6 Å². The summed E-state index contributed by atoms with van der Waals surface area (Å²) >= 11 is 0. The highest BCUT2D eigenvalue weighted by Gasteiger charge is 2.29. The molecule has 3 aromatic carbocycles. The number of carbonyl (C=O) groups excluding carboxylic acids is 2. The molecule has 0 spiro atoms. The smallest absolute Gasteiger partial charge is 0.426 e. The van der Waals surface area contributed by atoms with E-state index in [-0.39, 0.29) is 5.91 Å². The molecule has 0 radical (unpaired) electrons. The predicted octanol–water partition coefficient (Wildman–Crippen LogP) is 4.22. The number of pyridine rings is 1. The van der Waals surface area contributed by atoms with Crippen LogP contribution in [0.2, 0.25) is 0 Å². The number of nitrogens with one attached hydrogen (secondary N) is 2. The molecule has 2 heterocycles. The number of aromatic nitrogens is 1. The Labute approximate surface area is 215 Å². The number of piperazine rings is 1. The van der Waals surface area contributed by atoms with Crippen molar-refractivity contribution in [3.63, 3.8) is 0 Å². The summed E-state index contributed by atoms with van der Waals surface area (Å²) in [6.45, 7) is 4.02. The van der Waals surface area contributed by atoms with Gasteiger partial charge in [-0.2, -0.15) is 0 Å². The van der Waals surface area contributed by atoms with Crippen molar-refractivity contribution in [3.05, 3.63) is 96.1 Å². The Hall–Kier alpha value is -4.27. The van der Waals surface area contributed by atoms with Crippen LogP contribution in [0, 0.1) is 0 Å². The zero-order chi connectivity index (χ0) is 25.6. The Bertz CT molecular complexity index is 1390. The Morgan fingerprint density at radius 3 is 2.30 bits per heavy atom. The number of rotatable bonds is 5. The third-order valence-corrected chi connectivity index (χ3v) is 6.45. The Balaban J connectivity index is 1.74. The standard InChI is InChI=1S/C29H29N5O3/c1-37-29(36)32-34(22-12-6-3-7-13-22)28(35)26-23-14-8-9-15-25(23)31-27(21-10-4-2-5-11-21)24(26)20-33-18-16-30-17-19-33/h2-15,30H,16-20H2,1H3,(H,32,36). The number of methoxy groups -OCH3 is 1. The van der Waals surface area contributed by atoms with Crippen LogP contribution in [-0.2, 0) is 11.3 Å². The summed E-state index contributed by atoms with van der Waals surface area (Å²) < 4.78 is 4.85. The number of carbonyl (C=O) groups is 2. The molecule has 188 valence electrons. The van der Waals surface area contributed by atoms with Crippen molar-refractivity contribution in [1.29, 1.82) is 0 Å². The van der Waals surface area contributed by atoms with Crippen LogP contribution in [0.3, 0.4) is 0 Å². The number of anilines is 1. The van der Waals surface area contributed by atoms with E-state index >= 15 is 0 Å². The lowest BCUT2D eigenvalue weighted by Crippen LogP contribution is -2.47. The molecule has 0 saturated carbocycles. The number of nitrogens with zero attached hydrogens (tertiary/aromatic N) is 3. The van der Waals surface area contributed by atoms with Crippen LogP contribution in [0.1, 0.15) is 15.9 Å². The zero-order valence-electron chi connectivity index (χ0n) is 20.7. The Morgan fingerprint density at radius 2 is 1.59 bits per heavy atom. The Kier molecular flexibility index (Phi) is 7.39. The molecule has 4 aromatic rings. The van der Waals surface area contributed by atoms with Gasteiger partial charge in [-0.25, -0.2) is 20.2 Å². The molecule has 0 unspecified atom stereocenters. The fraction of sp³-hybridized carbons (Fsp3) is 0.207. The predicted molar refractivity (Wildman–Crippen MR) is 144 cm³/mol. The number of fused-ring (bicyclic) bond motifs is 1. The minimum atomic E-state index is -0.734. The zero-order valence-corrected chi connectivity index (χ0v) is 20.7. The van der Waals surface area contributed by atoms with E-state index in [9.17, 15) is 9.59 Å². The van der Waals surface area contributed by atoms with Crippen LogP contribution >= 0.6 is 0 Å². The van der Waals surface area contributed by atoms with Crippen LogP contribution < -0.4 is 15.8 Å². The van der Waals surface area contributed by atoms with E-state index in [1.54, 1.807) is 12.1 Å². The minimum Gasteiger partial charge on any atom is -0.452 e. The maximum absolute atomic E-state index is 14.5. The van der Waals surface area contributed by atoms with Gasteiger partial charge in [-0.05, 0) is 18.2 Å². The van der Waals surface area contributed by atoms with Crippen LogP contribution in [0.25, 0.3) is 22.2 Å². The van der Waals surface area contributed by atoms with Gasteiger partial charge >= 0.3 is 6.09 Å². The SMILES string of the molecule is COC(=O)NN(C(=O)c1c(CN2CCNCC2)c(-c2ccccc2)nc2ccccc12)c1ccccc1. The molecular formula is C29H29N5O3. The van der Waals surface area contributed by atoms with Gasteiger partial charge in [-0.1, -0.05) is 66.7 Å². The molecule has 8 nitrogen and oxygen atoms in total. The van der Waals surface area contributed by atoms with Crippen molar-refractivity contribution < 1.29 is 14.3 Å². The van der Waals surface area contributed by atoms with E-state index in [1.165, 1.54) is 12.1 Å². The van der Waals surface area contributed by atoms with Crippen LogP contribution in [0.15, 0.2) is 84.9 Å². The first-order valence-corrected chi connectivity index (χ1v) is 12.3. The number of ether oxygens (including phenoxy) is 1. The maximum atomic E-state index is 14.5. The first-order valence-electron chi connectivity index (χ1n) is 12.3. The van der Waals surface area contributed by atoms with Crippen LogP contribution in [0.5, 0.6) is 0 Å². The number of benzene rings is 3. The summed E-state index contributed by atoms with van der Waals surface area (Å²) in [4.78, 5) is 34.1. The number of para-hydroxylation sites is 2. The first kappa shape index (κ1) is 24.4. The molecule has 2 N–H and O–H groups in total. The number of hydrazine groups is 1. The summed E-state index contributed by atoms with van der Waals surface area (Å²) in [6, 6.07) is 26.6. The van der Waals surface area contributed by atoms with Gasteiger partial charge in [-0.15, -0.1) is 0 Å². The van der Waals surface area contributed by atoms with E-state index < -0.39 is 6.09 Å². The summed E-state index contributed by atoms with van der Waals surface area (Å²) in [5.41, 5.74) is 6.86. The van der Waals surface area contributed by atoms with Gasteiger partial charge in [0.25, 0.3) is 5.91 Å². The molecule has 0 atom stereocenters. The van der Waals surface area contributed by atoms with E-state index in [0.717, 1.165) is 48.4 Å². The van der Waals surface area contributed by atoms with Crippen LogP contribution in [-0.4, -0.2) is 55.2 Å². The van der Waals surface area contributed by atoms with Crippen molar-refractivity contribution in [3.8, 4) is 11.3 Å². The molecule has 5 rings (SSSR count). The topological polar surface area (TPSA) is 86.8 Å². The highest BCUT2D eigenvalue weighted by Crippen LogP contribution is 2.33. The van der Waals surface area contributed by atoms with Gasteiger partial charge in [0.1, 0.15) is 0 Å². The van der Waals surface area contributed by atoms with Gasteiger partial charge in [0.05, 0.1) is 29.6 Å². The van der Waals surface area contributed by atoms with Gasteiger partial charge in [0.2, 0.25) is 0 Å². The van der Waals surface area contributed by atoms with Crippen molar-refractivity contribution in [2.24, 2.45) is 0 Å². The van der Waals surface area contributed by atoms with Crippen LogP contribution in [0.4, 0.5) is 10.5 Å². The van der Waals surface area contributed by atoms with E-state index in [4.69, 9.17) is 9.72 Å². The number of hydrogen-bond donors (Lipinski definition) is 2. The van der Waals surface area contributed by atoms with Gasteiger partial charge in [0.15, 0.2) is 0 Å². The molecule has 1 aliphatic heterocycles. The van der Waals surface area contributed by atoms with Gasteiger partial charge in [-0.3, -0.25) is 9.69 Å². The molecule has 2 amide bonds. The second-order valence-electron chi connectivity index (χ2n) is 8.80. The summed E-state index contributed by atoms with van der Waals surface area (Å²) in [5.74, 6) is -0.363. The van der Waals surface area contributed by atoms with Crippen molar-refractivity contribution in [2.75, 3.05) is 38.3 Å². The van der Waals surface area contributed by atoms with Gasteiger partial charge < -0.3 is 10.1 Å². The lowest BCUT2D eigenvalue weighted by Gasteiger charge is -2.30. The summed E-state index contributed by atoms with van der Waals surface area (Å²) in [5, 5.41) is 5.37. The molecule has 1 fully saturated rings. The number of hydrogen-bond acceptors (Lipinski definition) is 6. The third-order valence-electron chi connectivity index (χ3n) is 6.45. The average molecular weight is 496 g/mol. The quantitative estimate of drug-likeness (QED) is 0.403. The number of amides is 2. The largest absolute Gasteiger partial charge is 0.452 e. The molecule has 1 aliphatic rings. The lowest BCUT2D eigenvalue weighted by molar-refractivity contribution is 0.0964. The van der Waals surface area contributed by atoms with E-state index in [2.05, 4.69) is 15.6 Å². The first-order chi connectivity index (χ1) is 18.2. The lowest BCUT2D eigenvalue weighted by atomic mass is 9.95. The van der Waals surface area contributed by atoms with Crippen molar-refractivity contribution in [2.45, 2.75) is 6.54 Å². The van der Waals surface area contributed by atoms with Gasteiger partial charge in [0, 0.05) is 49.2 Å². The maximum Gasteiger partial charge on any atom is 0.426 e. The highest BCUT2D eigenvalue weighted by atomic mass is 16.5. The van der Waals surface area contributed by atoms with E-state index in [1.807, 2.05) is 72.8 Å². The average Bonchev–Trinajstić information content (AvgIpc) is 2.96. The summed E-state index contributed by atoms with van der Waals surface area (Å²) in [6.07, 6.45) is -0.734. The molecule has 37 heavy (non-hydrogen) atoms. The molecule has 8 heteroatoms.